The van der Waals surface area contributed by atoms with E-state index in [0.717, 1.165) is 0 Å². The predicted octanol–water partition coefficient (Wildman–Crippen LogP) is -2.03. The standard InChI is InChI=1S/C5H7NO3S/c7-4-2-10-1-3(6-4)5(8)9/h3H,1-2H2,(H,6,7)(H,8,9)/p-1. The molecule has 1 atom stereocenters. The van der Waals surface area contributed by atoms with Crippen LogP contribution in [0.25, 0.3) is 0 Å². The number of hydrogen-bond donors (Lipinski definition) is 1. The zero-order chi connectivity index (χ0) is 7.56. The fraction of sp³-hybridized carbons (Fsp3) is 0.600. The van der Waals surface area contributed by atoms with Crippen molar-refractivity contribution in [3.05, 3.63) is 0 Å². The van der Waals surface area contributed by atoms with Gasteiger partial charge < -0.3 is 15.2 Å². The summed E-state index contributed by atoms with van der Waals surface area (Å²) in [6.45, 7) is 0. The second-order valence-corrected chi connectivity index (χ2v) is 2.98. The molecule has 1 aliphatic heterocycles. The maximum absolute atomic E-state index is 10.6. The van der Waals surface area contributed by atoms with Crippen molar-refractivity contribution in [1.82, 2.24) is 5.32 Å². The monoisotopic (exact) mass is 160 g/mol. The van der Waals surface area contributed by atoms with E-state index in [1.165, 1.54) is 11.8 Å². The molecule has 0 aliphatic carbocycles. The van der Waals surface area contributed by atoms with Crippen molar-refractivity contribution in [1.29, 1.82) is 0 Å². The quantitative estimate of drug-likeness (QED) is 0.480. The number of nitrogens with one attached hydrogen (secondary N) is 1. The Morgan fingerprint density at radius 1 is 1.80 bits per heavy atom. The van der Waals surface area contributed by atoms with Crippen LogP contribution < -0.4 is 10.4 Å². The van der Waals surface area contributed by atoms with E-state index in [4.69, 9.17) is 0 Å². The number of carbonyl (C=O) groups excluding carboxylic acids is 2. The molecular formula is C5H6NO3S-. The molecule has 0 saturated carbocycles. The molecule has 0 aromatic carbocycles. The zero-order valence-electron chi connectivity index (χ0n) is 5.12. The van der Waals surface area contributed by atoms with E-state index in [1.54, 1.807) is 0 Å². The molecule has 1 unspecified atom stereocenters. The van der Waals surface area contributed by atoms with E-state index in [1.807, 2.05) is 0 Å². The summed E-state index contributed by atoms with van der Waals surface area (Å²) in [5, 5.41) is 12.5. The summed E-state index contributed by atoms with van der Waals surface area (Å²) in [7, 11) is 0. The van der Waals surface area contributed by atoms with Gasteiger partial charge in [-0.1, -0.05) is 0 Å². The van der Waals surface area contributed by atoms with Crippen LogP contribution in [0.5, 0.6) is 0 Å². The first-order chi connectivity index (χ1) is 4.70. The summed E-state index contributed by atoms with van der Waals surface area (Å²) < 4.78 is 0. The molecular weight excluding hydrogens is 154 g/mol. The molecule has 1 fully saturated rings. The summed E-state index contributed by atoms with van der Waals surface area (Å²) >= 11 is 1.31. The Morgan fingerprint density at radius 2 is 2.50 bits per heavy atom. The Bertz CT molecular complexity index is 168. The molecule has 1 amide bonds. The predicted molar refractivity (Wildman–Crippen MR) is 34.3 cm³/mol. The largest absolute Gasteiger partial charge is 0.548 e. The summed E-state index contributed by atoms with van der Waals surface area (Å²) in [5.74, 6) is -0.677. The number of amides is 1. The first-order valence-electron chi connectivity index (χ1n) is 2.78. The topological polar surface area (TPSA) is 69.2 Å². The Morgan fingerprint density at radius 3 is 2.90 bits per heavy atom. The lowest BCUT2D eigenvalue weighted by Crippen LogP contribution is -2.52. The highest BCUT2D eigenvalue weighted by Crippen LogP contribution is 2.07. The van der Waals surface area contributed by atoms with Crippen molar-refractivity contribution < 1.29 is 14.7 Å². The van der Waals surface area contributed by atoms with Crippen LogP contribution in [0.3, 0.4) is 0 Å². The van der Waals surface area contributed by atoms with Gasteiger partial charge in [-0.25, -0.2) is 0 Å². The van der Waals surface area contributed by atoms with E-state index in [0.29, 0.717) is 11.5 Å². The minimum Gasteiger partial charge on any atom is -0.548 e. The van der Waals surface area contributed by atoms with Gasteiger partial charge in [0.05, 0.1) is 17.8 Å². The van der Waals surface area contributed by atoms with Gasteiger partial charge in [-0.05, 0) is 0 Å². The molecule has 1 aliphatic rings. The number of hydrogen-bond acceptors (Lipinski definition) is 4. The highest BCUT2D eigenvalue weighted by Gasteiger charge is 2.18. The van der Waals surface area contributed by atoms with Gasteiger partial charge in [0.25, 0.3) is 0 Å². The molecule has 0 bridgehead atoms. The lowest BCUT2D eigenvalue weighted by atomic mass is 10.3. The van der Waals surface area contributed by atoms with Crippen molar-refractivity contribution in [2.45, 2.75) is 6.04 Å². The molecule has 0 aromatic heterocycles. The smallest absolute Gasteiger partial charge is 0.230 e. The van der Waals surface area contributed by atoms with E-state index >= 15 is 0 Å². The van der Waals surface area contributed by atoms with Crippen LogP contribution in [-0.4, -0.2) is 29.4 Å². The molecule has 1 N–H and O–H groups in total. The van der Waals surface area contributed by atoms with Gasteiger partial charge >= 0.3 is 0 Å². The van der Waals surface area contributed by atoms with Crippen molar-refractivity contribution in [2.75, 3.05) is 11.5 Å². The number of thioether (sulfide) groups is 1. The number of carboxylic acids is 1. The van der Waals surface area contributed by atoms with E-state index in [-0.39, 0.29) is 5.91 Å². The lowest BCUT2D eigenvalue weighted by molar-refractivity contribution is -0.307. The highest BCUT2D eigenvalue weighted by atomic mass is 32.2. The molecule has 10 heavy (non-hydrogen) atoms. The van der Waals surface area contributed by atoms with Gasteiger partial charge in [0.2, 0.25) is 5.91 Å². The van der Waals surface area contributed by atoms with E-state index in [9.17, 15) is 14.7 Å². The van der Waals surface area contributed by atoms with Crippen LogP contribution in [0.1, 0.15) is 0 Å². The minimum absolute atomic E-state index is 0.231. The van der Waals surface area contributed by atoms with Crippen LogP contribution in [0.15, 0.2) is 0 Å². The number of carboxylic acid groups (broad SMARTS) is 1. The first-order valence-corrected chi connectivity index (χ1v) is 3.93. The molecule has 0 spiro atoms. The van der Waals surface area contributed by atoms with Gasteiger partial charge in [0, 0.05) is 5.75 Å². The van der Waals surface area contributed by atoms with Gasteiger partial charge in [0.15, 0.2) is 0 Å². The van der Waals surface area contributed by atoms with Gasteiger partial charge in [0.1, 0.15) is 0 Å². The summed E-state index contributed by atoms with van der Waals surface area (Å²) in [6.07, 6.45) is 0. The molecule has 5 heteroatoms. The zero-order valence-corrected chi connectivity index (χ0v) is 5.94. The van der Waals surface area contributed by atoms with Crippen LogP contribution in [0.2, 0.25) is 0 Å². The summed E-state index contributed by atoms with van der Waals surface area (Å²) in [6, 6.07) is -0.800. The Balaban J connectivity index is 2.47. The molecule has 1 rings (SSSR count). The van der Waals surface area contributed by atoms with Gasteiger partial charge in [-0.3, -0.25) is 4.79 Å². The number of carbonyl (C=O) groups is 2. The maximum atomic E-state index is 10.6. The fourth-order valence-electron chi connectivity index (χ4n) is 0.674. The molecule has 4 nitrogen and oxygen atoms in total. The molecule has 0 radical (unpaired) electrons. The van der Waals surface area contributed by atoms with Crippen molar-refractivity contribution in [3.63, 3.8) is 0 Å². The van der Waals surface area contributed by atoms with E-state index < -0.39 is 12.0 Å². The van der Waals surface area contributed by atoms with Crippen LogP contribution in [-0.2, 0) is 9.59 Å². The molecule has 1 heterocycles. The summed E-state index contributed by atoms with van der Waals surface area (Å²) in [5.41, 5.74) is 0. The van der Waals surface area contributed by atoms with E-state index in [2.05, 4.69) is 5.32 Å². The van der Waals surface area contributed by atoms with Gasteiger partial charge in [-0.2, -0.15) is 0 Å². The summed E-state index contributed by atoms with van der Waals surface area (Å²) in [4.78, 5) is 20.7. The Labute approximate surface area is 62.0 Å². The Hall–Kier alpha value is -0.710. The van der Waals surface area contributed by atoms with Crippen LogP contribution >= 0.6 is 11.8 Å². The maximum Gasteiger partial charge on any atom is 0.230 e. The fourth-order valence-corrected chi connectivity index (χ4v) is 1.52. The number of aliphatic carboxylic acids is 1. The van der Waals surface area contributed by atoms with Crippen molar-refractivity contribution in [2.24, 2.45) is 0 Å². The van der Waals surface area contributed by atoms with Crippen molar-refractivity contribution in [3.8, 4) is 0 Å². The number of rotatable bonds is 1. The van der Waals surface area contributed by atoms with Crippen LogP contribution in [0.4, 0.5) is 0 Å². The molecule has 1 saturated heterocycles. The molecule has 0 aromatic rings. The first kappa shape index (κ1) is 7.40. The second-order valence-electron chi connectivity index (χ2n) is 1.95. The van der Waals surface area contributed by atoms with Crippen LogP contribution in [0, 0.1) is 0 Å². The average molecular weight is 160 g/mol. The minimum atomic E-state index is -1.21. The molecule has 56 valence electrons. The Kier molecular flexibility index (Phi) is 2.16. The lowest BCUT2D eigenvalue weighted by Gasteiger charge is -2.23. The highest BCUT2D eigenvalue weighted by molar-refractivity contribution is 8.00. The SMILES string of the molecule is O=C1CSCC(C(=O)[O-])N1. The third-order valence-electron chi connectivity index (χ3n) is 1.14. The average Bonchev–Trinajstić information content (AvgIpc) is 1.88. The van der Waals surface area contributed by atoms with Gasteiger partial charge in [-0.15, -0.1) is 11.8 Å². The third kappa shape index (κ3) is 1.63. The second kappa shape index (κ2) is 2.92. The third-order valence-corrected chi connectivity index (χ3v) is 2.17. The van der Waals surface area contributed by atoms with Crippen molar-refractivity contribution >= 4 is 23.6 Å². The normalized spacial score (nSPS) is 25.6.